The smallest absolute Gasteiger partial charge is 0.294 e. The zero-order chi connectivity index (χ0) is 20.5. The van der Waals surface area contributed by atoms with Crippen molar-refractivity contribution in [1.29, 1.82) is 0 Å². The molecule has 5 rings (SSSR count). The van der Waals surface area contributed by atoms with E-state index in [4.69, 9.17) is 15.2 Å². The van der Waals surface area contributed by atoms with Gasteiger partial charge in [0.1, 0.15) is 5.69 Å². The Bertz CT molecular complexity index is 1250. The number of aromatic nitrogens is 5. The van der Waals surface area contributed by atoms with Crippen molar-refractivity contribution in [2.24, 2.45) is 5.10 Å². The van der Waals surface area contributed by atoms with Crippen molar-refractivity contribution in [3.05, 3.63) is 46.3 Å². The number of rotatable bonds is 5. The molecular weight excluding hydrogens is 412 g/mol. The number of benzene rings is 1. The minimum Gasteiger partial charge on any atom is -0.454 e. The van der Waals surface area contributed by atoms with E-state index < -0.39 is 5.91 Å². The summed E-state index contributed by atoms with van der Waals surface area (Å²) < 4.78 is 16.7. The quantitative estimate of drug-likeness (QED) is 0.357. The van der Waals surface area contributed by atoms with E-state index in [2.05, 4.69) is 35.8 Å². The Kier molecular flexibility index (Phi) is 4.33. The molecule has 0 saturated heterocycles. The van der Waals surface area contributed by atoms with Crippen LogP contribution in [0.3, 0.4) is 0 Å². The van der Waals surface area contributed by atoms with E-state index in [-0.39, 0.29) is 24.1 Å². The van der Waals surface area contributed by atoms with E-state index in [0.29, 0.717) is 22.8 Å². The van der Waals surface area contributed by atoms with Crippen molar-refractivity contribution in [3.63, 3.8) is 0 Å². The van der Waals surface area contributed by atoms with E-state index in [1.807, 2.05) is 16.8 Å². The fourth-order valence-electron chi connectivity index (χ4n) is 2.79. The molecule has 4 aromatic rings. The number of nitrogens with zero attached hydrogens (tertiary/aromatic N) is 6. The molecular formula is C17H12N8O4S. The molecule has 1 aliphatic rings. The van der Waals surface area contributed by atoms with Crippen molar-refractivity contribution in [1.82, 2.24) is 30.7 Å². The zero-order valence-electron chi connectivity index (χ0n) is 15.1. The average Bonchev–Trinajstić information content (AvgIpc) is 3.53. The molecule has 0 saturated carbocycles. The normalized spacial score (nSPS) is 12.5. The molecule has 1 amide bonds. The van der Waals surface area contributed by atoms with E-state index in [0.717, 1.165) is 5.56 Å². The predicted octanol–water partition coefficient (Wildman–Crippen LogP) is 1.45. The zero-order valence-corrected chi connectivity index (χ0v) is 15.9. The van der Waals surface area contributed by atoms with Crippen LogP contribution in [0.25, 0.3) is 17.1 Å². The largest absolute Gasteiger partial charge is 0.454 e. The SMILES string of the molecule is Nc1nonc1-n1nnc(C(=O)N/N=C\c2ccsc2)c1-c1ccc2c(c1)OCO2. The lowest BCUT2D eigenvalue weighted by molar-refractivity contribution is 0.0950. The van der Waals surface area contributed by atoms with Gasteiger partial charge in [-0.2, -0.15) is 21.1 Å². The van der Waals surface area contributed by atoms with Crippen LogP contribution >= 0.6 is 11.3 Å². The van der Waals surface area contributed by atoms with Crippen LogP contribution in [0.5, 0.6) is 11.5 Å². The fraction of sp³-hybridized carbons (Fsp3) is 0.0588. The maximum atomic E-state index is 12.8. The first-order chi connectivity index (χ1) is 14.7. The number of carbonyl (C=O) groups excluding carboxylic acids is 1. The van der Waals surface area contributed by atoms with Gasteiger partial charge in [-0.1, -0.05) is 5.21 Å². The Labute approximate surface area is 171 Å². The Hall–Kier alpha value is -4.26. The molecule has 1 aromatic carbocycles. The summed E-state index contributed by atoms with van der Waals surface area (Å²) in [6.45, 7) is 0.112. The highest BCUT2D eigenvalue weighted by Crippen LogP contribution is 2.37. The first kappa shape index (κ1) is 17.8. The number of ether oxygens (including phenoxy) is 2. The van der Waals surface area contributed by atoms with Gasteiger partial charge in [0.25, 0.3) is 5.91 Å². The molecule has 0 fully saturated rings. The number of nitrogens with one attached hydrogen (secondary N) is 1. The monoisotopic (exact) mass is 424 g/mol. The molecule has 12 nitrogen and oxygen atoms in total. The predicted molar refractivity (Wildman–Crippen MR) is 105 cm³/mol. The van der Waals surface area contributed by atoms with Crippen molar-refractivity contribution >= 4 is 29.3 Å². The lowest BCUT2D eigenvalue weighted by atomic mass is 10.1. The van der Waals surface area contributed by atoms with Crippen molar-refractivity contribution in [2.45, 2.75) is 0 Å². The summed E-state index contributed by atoms with van der Waals surface area (Å²) in [6, 6.07) is 7.02. The van der Waals surface area contributed by atoms with Crippen LogP contribution in [0.4, 0.5) is 5.82 Å². The van der Waals surface area contributed by atoms with Crippen molar-refractivity contribution in [3.8, 4) is 28.6 Å². The summed E-state index contributed by atoms with van der Waals surface area (Å²) >= 11 is 1.52. The van der Waals surface area contributed by atoms with E-state index in [1.165, 1.54) is 22.2 Å². The summed E-state index contributed by atoms with van der Waals surface area (Å²) in [7, 11) is 0. The third-order valence-corrected chi connectivity index (χ3v) is 4.85. The van der Waals surface area contributed by atoms with Gasteiger partial charge in [-0.05, 0) is 45.3 Å². The fourth-order valence-corrected chi connectivity index (χ4v) is 3.40. The highest BCUT2D eigenvalue weighted by atomic mass is 32.1. The Balaban J connectivity index is 1.55. The number of fused-ring (bicyclic) bond motifs is 1. The molecule has 0 aliphatic carbocycles. The molecule has 4 heterocycles. The molecule has 30 heavy (non-hydrogen) atoms. The maximum absolute atomic E-state index is 12.8. The molecule has 150 valence electrons. The van der Waals surface area contributed by atoms with Gasteiger partial charge in [-0.3, -0.25) is 4.79 Å². The number of thiophene rings is 1. The number of carbonyl (C=O) groups is 1. The number of hydrogen-bond donors (Lipinski definition) is 2. The number of anilines is 1. The number of nitrogens with two attached hydrogens (primary N) is 1. The molecule has 0 unspecified atom stereocenters. The van der Waals surface area contributed by atoms with Crippen LogP contribution in [0.15, 0.2) is 44.8 Å². The van der Waals surface area contributed by atoms with Gasteiger partial charge in [0.15, 0.2) is 17.2 Å². The molecule has 3 aromatic heterocycles. The van der Waals surface area contributed by atoms with Gasteiger partial charge < -0.3 is 15.2 Å². The number of hydrazone groups is 1. The number of hydrogen-bond acceptors (Lipinski definition) is 11. The van der Waals surface area contributed by atoms with E-state index >= 15 is 0 Å². The molecule has 13 heteroatoms. The third kappa shape index (κ3) is 3.12. The second-order valence-corrected chi connectivity index (χ2v) is 6.78. The maximum Gasteiger partial charge on any atom is 0.294 e. The standard InChI is InChI=1S/C17H12N8O4S/c18-15-16(23-29-22-15)25-14(10-1-2-11-12(5-10)28-8-27-11)13(20-24-25)17(26)21-19-6-9-3-4-30-7-9/h1-7H,8H2,(H2,18,22)(H,21,26)/b19-6-. The van der Waals surface area contributed by atoms with Gasteiger partial charge >= 0.3 is 0 Å². The van der Waals surface area contributed by atoms with Crippen molar-refractivity contribution < 1.29 is 18.9 Å². The van der Waals surface area contributed by atoms with Crippen LogP contribution in [0.1, 0.15) is 16.1 Å². The summed E-state index contributed by atoms with van der Waals surface area (Å²) in [4.78, 5) is 12.8. The molecule has 0 radical (unpaired) electrons. The van der Waals surface area contributed by atoms with Crippen molar-refractivity contribution in [2.75, 3.05) is 12.5 Å². The Morgan fingerprint density at radius 2 is 2.17 bits per heavy atom. The van der Waals surface area contributed by atoms with E-state index in [9.17, 15) is 4.79 Å². The average molecular weight is 424 g/mol. The molecule has 3 N–H and O–H groups in total. The van der Waals surface area contributed by atoms with Gasteiger partial charge in [0.2, 0.25) is 18.4 Å². The van der Waals surface area contributed by atoms with Crippen LogP contribution < -0.4 is 20.6 Å². The second kappa shape index (κ2) is 7.29. The van der Waals surface area contributed by atoms with E-state index in [1.54, 1.807) is 18.2 Å². The van der Waals surface area contributed by atoms with Crippen LogP contribution in [0, 0.1) is 0 Å². The minimum absolute atomic E-state index is 0.00117. The van der Waals surface area contributed by atoms with Gasteiger partial charge in [-0.15, -0.1) is 5.10 Å². The van der Waals surface area contributed by atoms with Gasteiger partial charge in [0.05, 0.1) is 6.21 Å². The van der Waals surface area contributed by atoms with Crippen LogP contribution in [-0.4, -0.2) is 44.2 Å². The molecule has 0 bridgehead atoms. The molecule has 1 aliphatic heterocycles. The molecule has 0 atom stereocenters. The number of amides is 1. The lowest BCUT2D eigenvalue weighted by Crippen LogP contribution is -2.19. The topological polar surface area (TPSA) is 156 Å². The highest BCUT2D eigenvalue weighted by Gasteiger charge is 2.26. The Morgan fingerprint density at radius 1 is 1.27 bits per heavy atom. The highest BCUT2D eigenvalue weighted by molar-refractivity contribution is 7.08. The summed E-state index contributed by atoms with van der Waals surface area (Å²) in [5, 5.41) is 23.1. The minimum atomic E-state index is -0.574. The Morgan fingerprint density at radius 3 is 2.97 bits per heavy atom. The third-order valence-electron chi connectivity index (χ3n) is 4.15. The van der Waals surface area contributed by atoms with Gasteiger partial charge in [0, 0.05) is 11.1 Å². The summed E-state index contributed by atoms with van der Waals surface area (Å²) in [5.41, 5.74) is 9.99. The van der Waals surface area contributed by atoms with Crippen LogP contribution in [0.2, 0.25) is 0 Å². The second-order valence-electron chi connectivity index (χ2n) is 6.00. The number of nitrogen functional groups attached to an aromatic ring is 1. The first-order valence-electron chi connectivity index (χ1n) is 8.50. The summed E-state index contributed by atoms with van der Waals surface area (Å²) in [5.74, 6) is 0.621. The lowest BCUT2D eigenvalue weighted by Gasteiger charge is -2.06. The summed E-state index contributed by atoms with van der Waals surface area (Å²) in [6.07, 6.45) is 1.53. The van der Waals surface area contributed by atoms with Gasteiger partial charge in [-0.25, -0.2) is 10.1 Å². The molecule has 0 spiro atoms. The first-order valence-corrected chi connectivity index (χ1v) is 9.44. The van der Waals surface area contributed by atoms with Crippen LogP contribution in [-0.2, 0) is 0 Å².